The van der Waals surface area contributed by atoms with Crippen molar-refractivity contribution in [1.29, 1.82) is 0 Å². The lowest BCUT2D eigenvalue weighted by Gasteiger charge is -2.16. The second kappa shape index (κ2) is 7.45. The van der Waals surface area contributed by atoms with E-state index in [0.29, 0.717) is 16.9 Å². The highest BCUT2D eigenvalue weighted by atomic mass is 32.2. The molecule has 1 unspecified atom stereocenters. The summed E-state index contributed by atoms with van der Waals surface area (Å²) in [7, 11) is -3.10. The Bertz CT molecular complexity index is 914. The number of amides is 2. The lowest BCUT2D eigenvalue weighted by atomic mass is 10.2. The molecule has 2 fully saturated rings. The Hall–Kier alpha value is -1.78. The maximum Gasteiger partial charge on any atom is 0.266 e. The van der Waals surface area contributed by atoms with Crippen LogP contribution in [0.4, 0.5) is 4.39 Å². The van der Waals surface area contributed by atoms with Gasteiger partial charge in [0.1, 0.15) is 16.7 Å². The molecule has 3 rings (SSSR count). The average molecular weight is 415 g/mol. The number of thioether (sulfide) groups is 1. The van der Waals surface area contributed by atoms with Crippen LogP contribution in [0.1, 0.15) is 12.0 Å². The van der Waals surface area contributed by atoms with Crippen LogP contribution < -0.4 is 5.32 Å². The SMILES string of the molecule is O=C(CN1C(=O)C(=Cc2cccc(F)c2)SC1=S)NC1CCS(=O)(=O)C1. The van der Waals surface area contributed by atoms with Gasteiger partial charge in [-0.3, -0.25) is 14.5 Å². The van der Waals surface area contributed by atoms with Gasteiger partial charge in [-0.2, -0.15) is 0 Å². The molecule has 1 atom stereocenters. The number of hydrogen-bond donors (Lipinski definition) is 1. The fourth-order valence-corrected chi connectivity index (χ4v) is 5.64. The highest BCUT2D eigenvalue weighted by Gasteiger charge is 2.35. The molecule has 2 aliphatic rings. The number of rotatable bonds is 4. The zero-order valence-electron chi connectivity index (χ0n) is 13.5. The van der Waals surface area contributed by atoms with E-state index in [2.05, 4.69) is 5.32 Å². The summed E-state index contributed by atoms with van der Waals surface area (Å²) in [4.78, 5) is 26.0. The fraction of sp³-hybridized carbons (Fsp3) is 0.312. The maximum absolute atomic E-state index is 13.3. The molecule has 0 radical (unpaired) electrons. The first-order valence-electron chi connectivity index (χ1n) is 7.74. The van der Waals surface area contributed by atoms with Crippen molar-refractivity contribution < 1.29 is 22.4 Å². The average Bonchev–Trinajstić information content (AvgIpc) is 3.01. The monoisotopic (exact) mass is 414 g/mol. The molecule has 0 bridgehead atoms. The first-order chi connectivity index (χ1) is 12.2. The standard InChI is InChI=1S/C16H15FN2O4S3/c17-11-3-1-2-10(6-11)7-13-15(21)19(16(24)25-13)8-14(20)18-12-4-5-26(22,23)9-12/h1-3,6-7,12H,4-5,8-9H2,(H,18,20). The van der Waals surface area contributed by atoms with E-state index in [1.165, 1.54) is 24.3 Å². The van der Waals surface area contributed by atoms with E-state index < -0.39 is 33.5 Å². The van der Waals surface area contributed by atoms with Gasteiger partial charge in [-0.1, -0.05) is 36.1 Å². The van der Waals surface area contributed by atoms with Crippen molar-refractivity contribution in [2.24, 2.45) is 0 Å². The number of nitrogens with zero attached hydrogens (tertiary/aromatic N) is 1. The smallest absolute Gasteiger partial charge is 0.266 e. The van der Waals surface area contributed by atoms with Gasteiger partial charge in [0, 0.05) is 6.04 Å². The topological polar surface area (TPSA) is 83.6 Å². The minimum atomic E-state index is -3.10. The summed E-state index contributed by atoms with van der Waals surface area (Å²) in [6.45, 7) is -0.276. The summed E-state index contributed by atoms with van der Waals surface area (Å²) in [5, 5.41) is 2.62. The molecule has 1 aromatic rings. The van der Waals surface area contributed by atoms with Crippen LogP contribution >= 0.6 is 24.0 Å². The van der Waals surface area contributed by atoms with Crippen molar-refractivity contribution >= 4 is 56.0 Å². The summed E-state index contributed by atoms with van der Waals surface area (Å²) >= 11 is 6.19. The summed E-state index contributed by atoms with van der Waals surface area (Å²) < 4.78 is 36.4. The van der Waals surface area contributed by atoms with E-state index in [4.69, 9.17) is 12.2 Å². The van der Waals surface area contributed by atoms with Crippen molar-refractivity contribution in [3.05, 3.63) is 40.6 Å². The highest BCUT2D eigenvalue weighted by molar-refractivity contribution is 8.26. The van der Waals surface area contributed by atoms with Crippen molar-refractivity contribution in [3.63, 3.8) is 0 Å². The molecule has 10 heteroatoms. The molecular weight excluding hydrogens is 399 g/mol. The van der Waals surface area contributed by atoms with Gasteiger partial charge in [0.15, 0.2) is 9.84 Å². The summed E-state index contributed by atoms with van der Waals surface area (Å²) in [6, 6.07) is 5.35. The minimum Gasteiger partial charge on any atom is -0.351 e. The van der Waals surface area contributed by atoms with Crippen LogP contribution in [0.5, 0.6) is 0 Å². The number of sulfone groups is 1. The van der Waals surface area contributed by atoms with Gasteiger partial charge in [0.2, 0.25) is 5.91 Å². The van der Waals surface area contributed by atoms with Gasteiger partial charge in [0.05, 0.1) is 16.4 Å². The molecule has 0 spiro atoms. The second-order valence-corrected chi connectivity index (χ2v) is 9.89. The van der Waals surface area contributed by atoms with Crippen LogP contribution in [-0.4, -0.2) is 53.5 Å². The molecule has 2 saturated heterocycles. The fourth-order valence-electron chi connectivity index (χ4n) is 2.71. The Kier molecular flexibility index (Phi) is 5.44. The van der Waals surface area contributed by atoms with Gasteiger partial charge in [0.25, 0.3) is 5.91 Å². The number of benzene rings is 1. The minimum absolute atomic E-state index is 0.0510. The molecule has 2 aliphatic heterocycles. The summed E-state index contributed by atoms with van der Waals surface area (Å²) in [5.74, 6) is -1.35. The molecule has 1 aromatic carbocycles. The van der Waals surface area contributed by atoms with Gasteiger partial charge in [-0.15, -0.1) is 0 Å². The predicted octanol–water partition coefficient (Wildman–Crippen LogP) is 1.33. The Morgan fingerprint density at radius 2 is 2.23 bits per heavy atom. The van der Waals surface area contributed by atoms with E-state index in [9.17, 15) is 22.4 Å². The predicted molar refractivity (Wildman–Crippen MR) is 101 cm³/mol. The molecule has 2 heterocycles. The molecule has 2 amide bonds. The largest absolute Gasteiger partial charge is 0.351 e. The first kappa shape index (κ1) is 19.0. The Labute approximate surface area is 159 Å². The van der Waals surface area contributed by atoms with E-state index in [0.717, 1.165) is 16.7 Å². The zero-order valence-corrected chi connectivity index (χ0v) is 15.9. The summed E-state index contributed by atoms with van der Waals surface area (Å²) in [5.41, 5.74) is 0.520. The molecule has 0 aromatic heterocycles. The molecular formula is C16H15FN2O4S3. The maximum atomic E-state index is 13.3. The third-order valence-electron chi connectivity index (χ3n) is 3.92. The molecule has 1 N–H and O–H groups in total. The first-order valence-corrected chi connectivity index (χ1v) is 10.8. The molecule has 26 heavy (non-hydrogen) atoms. The number of carbonyl (C=O) groups is 2. The lowest BCUT2D eigenvalue weighted by Crippen LogP contribution is -2.43. The molecule has 138 valence electrons. The van der Waals surface area contributed by atoms with Crippen molar-refractivity contribution in [3.8, 4) is 0 Å². The van der Waals surface area contributed by atoms with Crippen LogP contribution in [0.25, 0.3) is 6.08 Å². The second-order valence-electron chi connectivity index (χ2n) is 5.99. The number of hydrogen-bond acceptors (Lipinski definition) is 6. The van der Waals surface area contributed by atoms with Crippen LogP contribution in [0, 0.1) is 5.82 Å². The quantitative estimate of drug-likeness (QED) is 0.591. The van der Waals surface area contributed by atoms with Crippen LogP contribution in [-0.2, 0) is 19.4 Å². The molecule has 6 nitrogen and oxygen atoms in total. The van der Waals surface area contributed by atoms with Crippen LogP contribution in [0.3, 0.4) is 0 Å². The van der Waals surface area contributed by atoms with E-state index in [-0.39, 0.29) is 22.4 Å². The van der Waals surface area contributed by atoms with Gasteiger partial charge in [-0.25, -0.2) is 12.8 Å². The van der Waals surface area contributed by atoms with E-state index in [1.807, 2.05) is 0 Å². The van der Waals surface area contributed by atoms with Crippen molar-refractivity contribution in [2.45, 2.75) is 12.5 Å². The Morgan fingerprint density at radius 1 is 1.46 bits per heavy atom. The Balaban J connectivity index is 1.65. The third-order valence-corrected chi connectivity index (χ3v) is 7.07. The number of nitrogens with one attached hydrogen (secondary N) is 1. The number of carbonyl (C=O) groups excluding carboxylic acids is 2. The van der Waals surface area contributed by atoms with Crippen molar-refractivity contribution in [1.82, 2.24) is 10.2 Å². The van der Waals surface area contributed by atoms with Gasteiger partial charge in [-0.05, 0) is 30.2 Å². The summed E-state index contributed by atoms with van der Waals surface area (Å²) in [6.07, 6.45) is 1.88. The zero-order chi connectivity index (χ0) is 18.9. The van der Waals surface area contributed by atoms with E-state index in [1.54, 1.807) is 6.07 Å². The van der Waals surface area contributed by atoms with Crippen LogP contribution in [0.2, 0.25) is 0 Å². The third kappa shape index (κ3) is 4.49. The van der Waals surface area contributed by atoms with Gasteiger partial charge < -0.3 is 5.32 Å². The lowest BCUT2D eigenvalue weighted by molar-refractivity contribution is -0.129. The number of thiocarbonyl (C=S) groups is 1. The number of halogens is 1. The molecule has 0 saturated carbocycles. The van der Waals surface area contributed by atoms with Crippen molar-refractivity contribution in [2.75, 3.05) is 18.1 Å². The normalized spacial score (nSPS) is 23.7. The van der Waals surface area contributed by atoms with Crippen LogP contribution in [0.15, 0.2) is 29.2 Å². The molecule has 0 aliphatic carbocycles. The van der Waals surface area contributed by atoms with E-state index >= 15 is 0 Å². The Morgan fingerprint density at radius 3 is 2.88 bits per heavy atom. The highest BCUT2D eigenvalue weighted by Crippen LogP contribution is 2.32. The van der Waals surface area contributed by atoms with Gasteiger partial charge >= 0.3 is 0 Å².